The van der Waals surface area contributed by atoms with Gasteiger partial charge in [0, 0.05) is 51.8 Å². The first kappa shape index (κ1) is 16.8. The third kappa shape index (κ3) is 2.98. The van der Waals surface area contributed by atoms with Gasteiger partial charge in [0.25, 0.3) is 5.91 Å². The van der Waals surface area contributed by atoms with Crippen LogP contribution in [0.2, 0.25) is 0 Å². The van der Waals surface area contributed by atoms with Crippen LogP contribution in [0.4, 0.5) is 0 Å². The van der Waals surface area contributed by atoms with E-state index in [-0.39, 0.29) is 11.8 Å². The normalized spacial score (nSPS) is 23.0. The highest BCUT2D eigenvalue weighted by Crippen LogP contribution is 2.41. The molecule has 2 aliphatic heterocycles. The van der Waals surface area contributed by atoms with Crippen molar-refractivity contribution in [1.82, 2.24) is 24.6 Å². The zero-order valence-corrected chi connectivity index (χ0v) is 15.0. The summed E-state index contributed by atoms with van der Waals surface area (Å²) in [6, 6.07) is 3.88. The zero-order valence-electron chi connectivity index (χ0n) is 15.0. The number of aromatic nitrogens is 3. The van der Waals surface area contributed by atoms with E-state index in [1.807, 2.05) is 21.9 Å². The van der Waals surface area contributed by atoms with Crippen molar-refractivity contribution < 1.29 is 9.59 Å². The molecule has 4 rings (SSSR count). The molecule has 1 atom stereocenters. The summed E-state index contributed by atoms with van der Waals surface area (Å²) in [5, 5.41) is 4.08. The van der Waals surface area contributed by atoms with Gasteiger partial charge in [-0.2, -0.15) is 5.10 Å². The number of carbonyl (C=O) groups excluding carboxylic acids is 2. The molecule has 2 amide bonds. The van der Waals surface area contributed by atoms with Crippen molar-refractivity contribution in [1.29, 1.82) is 0 Å². The van der Waals surface area contributed by atoms with Gasteiger partial charge in [-0.15, -0.1) is 0 Å². The molecular formula is C19H23N5O2. The molecule has 0 radical (unpaired) electrons. The molecule has 0 saturated carbocycles. The minimum atomic E-state index is -0.427. The highest BCUT2D eigenvalue weighted by molar-refractivity contribution is 5.94. The van der Waals surface area contributed by atoms with Crippen molar-refractivity contribution >= 4 is 11.8 Å². The third-order valence-electron chi connectivity index (χ3n) is 5.54. The van der Waals surface area contributed by atoms with Gasteiger partial charge in [0.15, 0.2) is 0 Å². The molecule has 2 fully saturated rings. The van der Waals surface area contributed by atoms with Crippen molar-refractivity contribution in [2.45, 2.75) is 25.8 Å². The van der Waals surface area contributed by atoms with Crippen LogP contribution in [-0.4, -0.2) is 56.0 Å². The number of amides is 2. The molecule has 0 unspecified atom stereocenters. The Bertz CT molecular complexity index is 818. The maximum atomic E-state index is 13.2. The number of hydrogen-bond donors (Lipinski definition) is 0. The summed E-state index contributed by atoms with van der Waals surface area (Å²) < 4.78 is 1.63. The Morgan fingerprint density at radius 1 is 1.23 bits per heavy atom. The monoisotopic (exact) mass is 353 g/mol. The number of nitrogens with zero attached hydrogens (tertiary/aromatic N) is 5. The Kier molecular flexibility index (Phi) is 4.22. The predicted octanol–water partition coefficient (Wildman–Crippen LogP) is 1.47. The van der Waals surface area contributed by atoms with Crippen LogP contribution < -0.4 is 0 Å². The van der Waals surface area contributed by atoms with Crippen molar-refractivity contribution in [3.05, 3.63) is 48.0 Å². The fourth-order valence-corrected chi connectivity index (χ4v) is 4.15. The summed E-state index contributed by atoms with van der Waals surface area (Å²) in [5.74, 6) is 0.149. The number of carbonyl (C=O) groups is 2. The van der Waals surface area contributed by atoms with E-state index in [2.05, 4.69) is 10.1 Å². The molecule has 4 heterocycles. The highest BCUT2D eigenvalue weighted by atomic mass is 16.2. The summed E-state index contributed by atoms with van der Waals surface area (Å²) in [6.07, 6.45) is 9.36. The largest absolute Gasteiger partial charge is 0.338 e. The average molecular weight is 353 g/mol. The first-order chi connectivity index (χ1) is 12.6. The average Bonchev–Trinajstić information content (AvgIpc) is 3.22. The van der Waals surface area contributed by atoms with E-state index in [1.54, 1.807) is 36.5 Å². The van der Waals surface area contributed by atoms with E-state index >= 15 is 0 Å². The SMILES string of the molecule is Cn1cc(C(=O)N2CCC[C@]3(CCN(Cc4ccncc4)C3=O)C2)cn1. The molecule has 2 saturated heterocycles. The summed E-state index contributed by atoms with van der Waals surface area (Å²) in [4.78, 5) is 33.7. The second-order valence-corrected chi connectivity index (χ2v) is 7.35. The Hall–Kier alpha value is -2.70. The molecule has 0 N–H and O–H groups in total. The smallest absolute Gasteiger partial charge is 0.257 e. The predicted molar refractivity (Wildman–Crippen MR) is 95.0 cm³/mol. The molecule has 0 aliphatic carbocycles. The van der Waals surface area contributed by atoms with Crippen LogP contribution in [0.15, 0.2) is 36.9 Å². The molecule has 1 spiro atoms. The van der Waals surface area contributed by atoms with Crippen molar-refractivity contribution in [2.75, 3.05) is 19.6 Å². The first-order valence-electron chi connectivity index (χ1n) is 9.04. The van der Waals surface area contributed by atoms with Crippen molar-refractivity contribution in [3.8, 4) is 0 Å². The summed E-state index contributed by atoms with van der Waals surface area (Å²) in [6.45, 7) is 2.56. The fraction of sp³-hybridized carbons (Fsp3) is 0.474. The van der Waals surface area contributed by atoms with Gasteiger partial charge >= 0.3 is 0 Å². The Morgan fingerprint density at radius 3 is 2.77 bits per heavy atom. The lowest BCUT2D eigenvalue weighted by Crippen LogP contribution is -2.49. The number of piperidine rings is 1. The minimum absolute atomic E-state index is 0.0300. The lowest BCUT2D eigenvalue weighted by atomic mass is 9.78. The van der Waals surface area contributed by atoms with E-state index < -0.39 is 5.41 Å². The molecule has 136 valence electrons. The second-order valence-electron chi connectivity index (χ2n) is 7.35. The van der Waals surface area contributed by atoms with Gasteiger partial charge < -0.3 is 9.80 Å². The van der Waals surface area contributed by atoms with Crippen LogP contribution in [-0.2, 0) is 18.4 Å². The van der Waals surface area contributed by atoms with Crippen molar-refractivity contribution in [2.24, 2.45) is 12.5 Å². The van der Waals surface area contributed by atoms with Gasteiger partial charge in [-0.05, 0) is 37.0 Å². The van der Waals surface area contributed by atoms with Crippen LogP contribution >= 0.6 is 0 Å². The molecule has 0 aromatic carbocycles. The fourth-order valence-electron chi connectivity index (χ4n) is 4.15. The first-order valence-corrected chi connectivity index (χ1v) is 9.04. The number of aryl methyl sites for hydroxylation is 1. The molecular weight excluding hydrogens is 330 g/mol. The molecule has 2 aromatic heterocycles. The van der Waals surface area contributed by atoms with Gasteiger partial charge in [0.05, 0.1) is 17.2 Å². The molecule has 7 heteroatoms. The van der Waals surface area contributed by atoms with Gasteiger partial charge in [-0.25, -0.2) is 0 Å². The Balaban J connectivity index is 1.48. The van der Waals surface area contributed by atoms with Crippen molar-refractivity contribution in [3.63, 3.8) is 0 Å². The molecule has 2 aliphatic rings. The number of likely N-dealkylation sites (tertiary alicyclic amines) is 2. The lowest BCUT2D eigenvalue weighted by molar-refractivity contribution is -0.138. The minimum Gasteiger partial charge on any atom is -0.338 e. The highest BCUT2D eigenvalue weighted by Gasteiger charge is 2.49. The molecule has 7 nitrogen and oxygen atoms in total. The summed E-state index contributed by atoms with van der Waals surface area (Å²) >= 11 is 0. The van der Waals surface area contributed by atoms with Crippen LogP contribution in [0, 0.1) is 5.41 Å². The third-order valence-corrected chi connectivity index (χ3v) is 5.54. The van der Waals surface area contributed by atoms with Gasteiger partial charge in [-0.1, -0.05) is 0 Å². The number of hydrogen-bond acceptors (Lipinski definition) is 4. The quantitative estimate of drug-likeness (QED) is 0.838. The Labute approximate surface area is 152 Å². The van der Waals surface area contributed by atoms with Crippen LogP contribution in [0.1, 0.15) is 35.2 Å². The van der Waals surface area contributed by atoms with E-state index in [0.29, 0.717) is 25.2 Å². The van der Waals surface area contributed by atoms with Gasteiger partial charge in [0.2, 0.25) is 5.91 Å². The van der Waals surface area contributed by atoms with E-state index in [0.717, 1.165) is 31.4 Å². The molecule has 2 aromatic rings. The number of rotatable bonds is 3. The molecule has 26 heavy (non-hydrogen) atoms. The maximum absolute atomic E-state index is 13.2. The van der Waals surface area contributed by atoms with Crippen LogP contribution in [0.25, 0.3) is 0 Å². The van der Waals surface area contributed by atoms with E-state index in [1.165, 1.54) is 0 Å². The van der Waals surface area contributed by atoms with Gasteiger partial charge in [-0.3, -0.25) is 19.3 Å². The number of pyridine rings is 1. The van der Waals surface area contributed by atoms with Crippen LogP contribution in [0.5, 0.6) is 0 Å². The summed E-state index contributed by atoms with van der Waals surface area (Å²) in [7, 11) is 1.80. The zero-order chi connectivity index (χ0) is 18.1. The molecule has 0 bridgehead atoms. The standard InChI is InChI=1S/C19H23N5O2/c1-22-13-16(11-21-22)17(25)24-9-2-5-19(14-24)6-10-23(18(19)26)12-15-3-7-20-8-4-15/h3-4,7-8,11,13H,2,5-6,9-10,12,14H2,1H3/t19-/m0/s1. The lowest BCUT2D eigenvalue weighted by Gasteiger charge is -2.39. The second kappa shape index (κ2) is 6.55. The van der Waals surface area contributed by atoms with Gasteiger partial charge in [0.1, 0.15) is 0 Å². The summed E-state index contributed by atoms with van der Waals surface area (Å²) in [5.41, 5.74) is 1.25. The van der Waals surface area contributed by atoms with E-state index in [4.69, 9.17) is 0 Å². The maximum Gasteiger partial charge on any atom is 0.257 e. The van der Waals surface area contributed by atoms with Crippen LogP contribution in [0.3, 0.4) is 0 Å². The Morgan fingerprint density at radius 2 is 2.04 bits per heavy atom. The van der Waals surface area contributed by atoms with E-state index in [9.17, 15) is 9.59 Å². The topological polar surface area (TPSA) is 71.3 Å².